The third-order valence-electron chi connectivity index (χ3n) is 13.1. The van der Waals surface area contributed by atoms with Crippen molar-refractivity contribution >= 4 is 29.2 Å². The Labute approximate surface area is 348 Å². The zero-order valence-electron chi connectivity index (χ0n) is 34.0. The first-order chi connectivity index (χ1) is 28.1. The Morgan fingerprint density at radius 1 is 1.02 bits per heavy atom. The van der Waals surface area contributed by atoms with E-state index in [4.69, 9.17) is 26.8 Å². The van der Waals surface area contributed by atoms with Gasteiger partial charge in [-0.05, 0) is 147 Å². The lowest BCUT2D eigenvalue weighted by atomic mass is 9.59. The van der Waals surface area contributed by atoms with Crippen LogP contribution in [0.25, 0.3) is 0 Å². The topological polar surface area (TPSA) is 136 Å². The fourth-order valence-electron chi connectivity index (χ4n) is 9.97. The molecule has 308 valence electrons. The van der Waals surface area contributed by atoms with E-state index in [1.165, 1.54) is 28.8 Å². The van der Waals surface area contributed by atoms with Crippen LogP contribution in [0.1, 0.15) is 99.1 Å². The van der Waals surface area contributed by atoms with E-state index < -0.39 is 11.5 Å². The third-order valence-corrected chi connectivity index (χ3v) is 13.4. The molecule has 1 saturated carbocycles. The summed E-state index contributed by atoms with van der Waals surface area (Å²) >= 11 is 6.31. The van der Waals surface area contributed by atoms with Crippen molar-refractivity contribution in [2.45, 2.75) is 101 Å². The largest absolute Gasteiger partial charge is 0.494 e. The number of aryl methyl sites for hydroxylation is 1. The molecule has 1 aromatic heterocycles. The second kappa shape index (κ2) is 18.5. The van der Waals surface area contributed by atoms with Crippen LogP contribution in [0, 0.1) is 17.8 Å². The molecule has 10 heteroatoms. The van der Waals surface area contributed by atoms with Gasteiger partial charge >= 0.3 is 5.97 Å². The predicted molar refractivity (Wildman–Crippen MR) is 230 cm³/mol. The smallest absolute Gasteiger partial charge is 0.329 e. The quantitative estimate of drug-likeness (QED) is 0.0778. The number of carbonyl (C=O) groups is 2. The molecule has 4 atom stereocenters. The summed E-state index contributed by atoms with van der Waals surface area (Å²) in [6.07, 6.45) is 10.8. The number of nitrogens with one attached hydrogen (secondary N) is 2. The van der Waals surface area contributed by atoms with Crippen LogP contribution >= 0.6 is 11.6 Å². The molecule has 0 saturated heterocycles. The van der Waals surface area contributed by atoms with Crippen LogP contribution < -0.4 is 25.8 Å². The third kappa shape index (κ3) is 9.31. The van der Waals surface area contributed by atoms with Crippen molar-refractivity contribution in [3.63, 3.8) is 0 Å². The number of fused-ring (bicyclic) bond motifs is 3. The van der Waals surface area contributed by atoms with Crippen molar-refractivity contribution < 1.29 is 24.2 Å². The summed E-state index contributed by atoms with van der Waals surface area (Å²) in [5.41, 5.74) is 11.5. The van der Waals surface area contributed by atoms with Gasteiger partial charge in [-0.3, -0.25) is 9.78 Å². The molecule has 0 bridgehead atoms. The highest BCUT2D eigenvalue weighted by molar-refractivity contribution is 6.30. The first kappa shape index (κ1) is 41.6. The number of carboxylic acids is 1. The maximum Gasteiger partial charge on any atom is 0.329 e. The van der Waals surface area contributed by atoms with E-state index in [1.807, 2.05) is 54.7 Å². The Balaban J connectivity index is 1.04. The van der Waals surface area contributed by atoms with Gasteiger partial charge in [-0.1, -0.05) is 67.9 Å². The van der Waals surface area contributed by atoms with Crippen LogP contribution in [0.4, 0.5) is 5.69 Å². The summed E-state index contributed by atoms with van der Waals surface area (Å²) < 4.78 is 12.9. The summed E-state index contributed by atoms with van der Waals surface area (Å²) in [5, 5.41) is 17.7. The molecule has 1 heterocycles. The van der Waals surface area contributed by atoms with E-state index in [0.717, 1.165) is 55.6 Å². The molecule has 4 aromatic rings. The number of hydrogen-bond donors (Lipinski definition) is 4. The summed E-state index contributed by atoms with van der Waals surface area (Å²) in [4.78, 5) is 30.6. The molecule has 9 nitrogen and oxygen atoms in total. The number of anilines is 1. The second-order valence-corrected chi connectivity index (χ2v) is 17.6. The Morgan fingerprint density at radius 2 is 1.83 bits per heavy atom. The lowest BCUT2D eigenvalue weighted by Gasteiger charge is -2.47. The highest BCUT2D eigenvalue weighted by atomic mass is 35.5. The van der Waals surface area contributed by atoms with Crippen molar-refractivity contribution in [3.8, 4) is 11.5 Å². The Kier molecular flexibility index (Phi) is 13.3. The fraction of sp³-hybridized carbons (Fsp3) is 0.479. The Bertz CT molecular complexity index is 2030. The highest BCUT2D eigenvalue weighted by Gasteiger charge is 2.54. The van der Waals surface area contributed by atoms with E-state index in [9.17, 15) is 14.7 Å². The average molecular weight is 807 g/mol. The highest BCUT2D eigenvalue weighted by Crippen LogP contribution is 2.57. The number of ether oxygens (including phenoxy) is 2. The molecule has 7 rings (SSSR count). The molecular weight excluding hydrogens is 748 g/mol. The zero-order valence-corrected chi connectivity index (χ0v) is 34.7. The number of carbonyl (C=O) groups excluding carboxylic acids is 1. The van der Waals surface area contributed by atoms with Gasteiger partial charge in [0.1, 0.15) is 17.0 Å². The van der Waals surface area contributed by atoms with Gasteiger partial charge in [0, 0.05) is 41.3 Å². The van der Waals surface area contributed by atoms with Crippen molar-refractivity contribution in [1.29, 1.82) is 0 Å². The summed E-state index contributed by atoms with van der Waals surface area (Å²) in [6, 6.07) is 25.8. The maximum absolute atomic E-state index is 13.1. The van der Waals surface area contributed by atoms with Crippen LogP contribution in [-0.2, 0) is 34.3 Å². The van der Waals surface area contributed by atoms with Crippen LogP contribution in [0.3, 0.4) is 0 Å². The number of nitrogens with zero attached hydrogens (tertiary/aromatic N) is 1. The van der Waals surface area contributed by atoms with Crippen LogP contribution in [0.15, 0.2) is 85.1 Å². The monoisotopic (exact) mass is 806 g/mol. The molecule has 1 spiro atoms. The lowest BCUT2D eigenvalue weighted by molar-refractivity contribution is -0.144. The molecule has 1 fully saturated rings. The zero-order chi connectivity index (χ0) is 40.7. The van der Waals surface area contributed by atoms with Crippen LogP contribution in [-0.4, -0.2) is 53.8 Å². The van der Waals surface area contributed by atoms with Gasteiger partial charge in [0.05, 0.1) is 19.1 Å². The first-order valence-corrected chi connectivity index (χ1v) is 21.6. The van der Waals surface area contributed by atoms with Gasteiger partial charge in [-0.2, -0.15) is 0 Å². The number of hydrogen-bond acceptors (Lipinski definition) is 7. The molecule has 3 aliphatic carbocycles. The number of pyridine rings is 1. The van der Waals surface area contributed by atoms with Crippen molar-refractivity contribution in [3.05, 3.63) is 118 Å². The molecular formula is C48H59ClN4O5. The van der Waals surface area contributed by atoms with Gasteiger partial charge in [-0.15, -0.1) is 0 Å². The summed E-state index contributed by atoms with van der Waals surface area (Å²) in [5.74, 6) is 1.66. The Morgan fingerprint density at radius 3 is 2.59 bits per heavy atom. The molecule has 3 aromatic carbocycles. The van der Waals surface area contributed by atoms with Gasteiger partial charge in [0.2, 0.25) is 5.91 Å². The molecule has 1 amide bonds. The molecule has 5 N–H and O–H groups in total. The SMILES string of the molecule is C[C@@H](COc1ccnc2c1[C@H](C)CCC2)C[C@H]1Cc2ccc(OCCCNC(=O)C(CN)Cc3ccccc3)cc2C12CCC(Nc1cccc(Cl)c1)(C(=O)O)CC2. The van der Waals surface area contributed by atoms with Crippen LogP contribution in [0.5, 0.6) is 11.5 Å². The van der Waals surface area contributed by atoms with E-state index in [-0.39, 0.29) is 29.7 Å². The summed E-state index contributed by atoms with van der Waals surface area (Å²) in [6.45, 7) is 6.42. The second-order valence-electron chi connectivity index (χ2n) is 17.1. The number of aliphatic carboxylic acids is 1. The van der Waals surface area contributed by atoms with Gasteiger partial charge in [0.15, 0.2) is 0 Å². The normalized spacial score (nSPS) is 23.3. The number of benzene rings is 3. The molecule has 58 heavy (non-hydrogen) atoms. The average Bonchev–Trinajstić information content (AvgIpc) is 3.51. The van der Waals surface area contributed by atoms with Gasteiger partial charge in [0.25, 0.3) is 0 Å². The maximum atomic E-state index is 13.1. The van der Waals surface area contributed by atoms with Crippen molar-refractivity contribution in [2.75, 3.05) is 31.6 Å². The van der Waals surface area contributed by atoms with Gasteiger partial charge < -0.3 is 30.9 Å². The Hall–Kier alpha value is -4.60. The van der Waals surface area contributed by atoms with Crippen molar-refractivity contribution in [1.82, 2.24) is 10.3 Å². The minimum absolute atomic E-state index is 0.0363. The first-order valence-electron chi connectivity index (χ1n) is 21.2. The van der Waals surface area contributed by atoms with Crippen LogP contribution in [0.2, 0.25) is 5.02 Å². The van der Waals surface area contributed by atoms with Gasteiger partial charge in [-0.25, -0.2) is 4.79 Å². The number of halogens is 1. The molecule has 0 aliphatic heterocycles. The van der Waals surface area contributed by atoms with E-state index in [2.05, 4.69) is 47.7 Å². The standard InChI is InChI=1S/C48H59ClN4O5/c1-32(31-58-43-17-23-51-42-14-6-9-33(2)44(42)43)25-37-27-35-15-16-40(57-24-8-22-52-45(54)36(30-50)26-34-10-4-3-5-11-34)29-41(35)47(37)18-20-48(21-19-47,46(55)56)53-39-13-7-12-38(49)28-39/h3-5,7,10-13,15-17,23,28-29,32-33,36-37,53H,6,8-9,14,18-22,24-27,30-31,50H2,1-2H3,(H,52,54)(H,55,56)/t32-,33-,36?,37+,47?,48?/m1/s1. The van der Waals surface area contributed by atoms with E-state index in [0.29, 0.717) is 68.0 Å². The number of rotatable bonds is 17. The summed E-state index contributed by atoms with van der Waals surface area (Å²) in [7, 11) is 0. The van der Waals surface area contributed by atoms with E-state index in [1.54, 1.807) is 12.1 Å². The number of nitrogens with two attached hydrogens (primary N) is 1. The van der Waals surface area contributed by atoms with E-state index >= 15 is 0 Å². The molecule has 3 aliphatic rings. The predicted octanol–water partition coefficient (Wildman–Crippen LogP) is 8.90. The van der Waals surface area contributed by atoms with Crippen molar-refractivity contribution in [2.24, 2.45) is 23.5 Å². The number of aromatic nitrogens is 1. The fourth-order valence-corrected chi connectivity index (χ4v) is 10.2. The minimum Gasteiger partial charge on any atom is -0.494 e. The number of carboxylic acid groups (broad SMARTS) is 1. The number of amides is 1. The minimum atomic E-state index is -1.10. The lowest BCUT2D eigenvalue weighted by Crippen LogP contribution is -2.53. The molecule has 1 unspecified atom stereocenters. The molecule has 0 radical (unpaired) electrons.